The fourth-order valence-corrected chi connectivity index (χ4v) is 11.0. The summed E-state index contributed by atoms with van der Waals surface area (Å²) >= 11 is 0. The van der Waals surface area contributed by atoms with Crippen LogP contribution in [0.25, 0.3) is 0 Å². The lowest BCUT2D eigenvalue weighted by molar-refractivity contribution is 0.532. The van der Waals surface area contributed by atoms with E-state index in [0.717, 1.165) is 13.0 Å². The molecule has 0 bridgehead atoms. The van der Waals surface area contributed by atoms with Gasteiger partial charge in [-0.3, -0.25) is 0 Å². The number of nitrogens with two attached hydrogens (primary N) is 1. The van der Waals surface area contributed by atoms with Crippen LogP contribution in [-0.4, -0.2) is 23.2 Å². The summed E-state index contributed by atoms with van der Waals surface area (Å²) in [6, 6.07) is 2.50. The number of rotatable bonds is 7. The van der Waals surface area contributed by atoms with E-state index in [-0.39, 0.29) is 0 Å². The Kier molecular flexibility index (Phi) is 6.20. The summed E-state index contributed by atoms with van der Waals surface area (Å²) in [6.07, 6.45) is 2.37. The van der Waals surface area contributed by atoms with Crippen molar-refractivity contribution in [3.63, 3.8) is 0 Å². The van der Waals surface area contributed by atoms with Crippen molar-refractivity contribution in [2.45, 2.75) is 58.0 Å². The van der Waals surface area contributed by atoms with Crippen molar-refractivity contribution in [3.8, 4) is 0 Å². The minimum atomic E-state index is -1.42. The van der Waals surface area contributed by atoms with Crippen LogP contribution in [0.2, 0.25) is 38.3 Å². The fourth-order valence-electron chi connectivity index (χ4n) is 1.98. The van der Waals surface area contributed by atoms with E-state index < -0.39 is 16.6 Å². The summed E-state index contributed by atoms with van der Waals surface area (Å²) in [5, 5.41) is 0. The van der Waals surface area contributed by atoms with Gasteiger partial charge in [-0.15, -0.1) is 0 Å². The van der Waals surface area contributed by atoms with Gasteiger partial charge >= 0.3 is 0 Å². The lowest BCUT2D eigenvalue weighted by Crippen LogP contribution is -2.44. The molecule has 0 atom stereocenters. The van der Waals surface area contributed by atoms with E-state index in [4.69, 9.17) is 9.85 Å². The average Bonchev–Trinajstić information content (AvgIpc) is 1.98. The molecule has 0 heterocycles. The Labute approximate surface area is 91.5 Å². The van der Waals surface area contributed by atoms with Crippen molar-refractivity contribution in [1.82, 2.24) is 0 Å². The molecule has 0 radical (unpaired) electrons. The molecule has 2 nitrogen and oxygen atoms in total. The van der Waals surface area contributed by atoms with Crippen LogP contribution < -0.4 is 5.73 Å². The summed E-state index contributed by atoms with van der Waals surface area (Å²) < 4.78 is 6.39. The average molecular weight is 234 g/mol. The molecule has 4 heteroatoms. The maximum Gasteiger partial charge on any atom is 0.173 e. The Hall–Kier alpha value is 0.354. The van der Waals surface area contributed by atoms with E-state index in [9.17, 15) is 0 Å². The van der Waals surface area contributed by atoms with E-state index in [1.165, 1.54) is 18.5 Å². The van der Waals surface area contributed by atoms with Gasteiger partial charge in [-0.1, -0.05) is 13.3 Å². The lowest BCUT2D eigenvalue weighted by atomic mass is 10.5. The number of hydrogen-bond donors (Lipinski definition) is 1. The Bertz CT molecular complexity index is 160. The van der Waals surface area contributed by atoms with Gasteiger partial charge in [-0.05, 0) is 51.2 Å². The molecular weight excluding hydrogens is 206 g/mol. The first kappa shape index (κ1) is 14.4. The standard InChI is InChI=1S/C10H27NOSi2/c1-6-9-13(2,3)12-14(4,5)10-7-8-11/h6-11H2,1-5H3. The van der Waals surface area contributed by atoms with Crippen molar-refractivity contribution in [1.29, 1.82) is 0 Å². The minimum absolute atomic E-state index is 0.801. The molecule has 2 N–H and O–H groups in total. The van der Waals surface area contributed by atoms with Gasteiger partial charge in [-0.25, -0.2) is 0 Å². The predicted octanol–water partition coefficient (Wildman–Crippen LogP) is 3.17. The molecule has 14 heavy (non-hydrogen) atoms. The second-order valence-corrected chi connectivity index (χ2v) is 14.1. The Morgan fingerprint density at radius 2 is 1.50 bits per heavy atom. The summed E-state index contributed by atoms with van der Waals surface area (Å²) in [5.74, 6) is 0. The van der Waals surface area contributed by atoms with Gasteiger partial charge in [-0.2, -0.15) is 0 Å². The summed E-state index contributed by atoms with van der Waals surface area (Å²) in [4.78, 5) is 0. The largest absolute Gasteiger partial charge is 0.455 e. The molecule has 0 saturated carbocycles. The predicted molar refractivity (Wildman–Crippen MR) is 69.6 cm³/mol. The fraction of sp³-hybridized carbons (Fsp3) is 1.00. The monoisotopic (exact) mass is 233 g/mol. The molecule has 0 aromatic rings. The van der Waals surface area contributed by atoms with Crippen molar-refractivity contribution in [2.75, 3.05) is 6.54 Å². The highest BCUT2D eigenvalue weighted by Crippen LogP contribution is 2.23. The van der Waals surface area contributed by atoms with Crippen molar-refractivity contribution >= 4 is 16.6 Å². The van der Waals surface area contributed by atoms with E-state index in [1.54, 1.807) is 0 Å². The van der Waals surface area contributed by atoms with Crippen LogP contribution in [0, 0.1) is 0 Å². The highest BCUT2D eigenvalue weighted by atomic mass is 28.4. The third kappa shape index (κ3) is 6.76. The van der Waals surface area contributed by atoms with Gasteiger partial charge in [0.2, 0.25) is 0 Å². The molecule has 0 spiro atoms. The highest BCUT2D eigenvalue weighted by molar-refractivity contribution is 6.84. The Balaban J connectivity index is 4.05. The first-order chi connectivity index (χ1) is 6.33. The second kappa shape index (κ2) is 6.05. The van der Waals surface area contributed by atoms with Gasteiger partial charge in [0, 0.05) is 0 Å². The van der Waals surface area contributed by atoms with Gasteiger partial charge in [0.1, 0.15) is 0 Å². The molecule has 0 fully saturated rings. The maximum atomic E-state index is 6.39. The SMILES string of the molecule is CCC[Si](C)(C)O[Si](C)(C)CCCN. The van der Waals surface area contributed by atoms with Gasteiger partial charge in [0.15, 0.2) is 16.6 Å². The molecule has 0 saturated heterocycles. The summed E-state index contributed by atoms with van der Waals surface area (Å²) in [5.41, 5.74) is 5.54. The van der Waals surface area contributed by atoms with Gasteiger partial charge < -0.3 is 9.85 Å². The van der Waals surface area contributed by atoms with Crippen LogP contribution in [0.4, 0.5) is 0 Å². The third-order valence-electron chi connectivity index (χ3n) is 2.39. The van der Waals surface area contributed by atoms with Crippen LogP contribution in [0.15, 0.2) is 0 Å². The quantitative estimate of drug-likeness (QED) is 0.686. The topological polar surface area (TPSA) is 35.2 Å². The normalized spacial score (nSPS) is 13.3. The molecule has 86 valence electrons. The Morgan fingerprint density at radius 1 is 1.00 bits per heavy atom. The van der Waals surface area contributed by atoms with E-state index in [0.29, 0.717) is 0 Å². The van der Waals surface area contributed by atoms with E-state index in [2.05, 4.69) is 33.1 Å². The van der Waals surface area contributed by atoms with Crippen LogP contribution >= 0.6 is 0 Å². The zero-order valence-electron chi connectivity index (χ0n) is 10.5. The smallest absolute Gasteiger partial charge is 0.173 e. The van der Waals surface area contributed by atoms with E-state index in [1.807, 2.05) is 0 Å². The first-order valence-electron chi connectivity index (χ1n) is 5.73. The zero-order chi connectivity index (χ0) is 11.2. The number of hydrogen-bond acceptors (Lipinski definition) is 2. The molecule has 0 rings (SSSR count). The molecule has 0 aromatic carbocycles. The molecule has 0 aliphatic rings. The zero-order valence-corrected chi connectivity index (χ0v) is 12.5. The van der Waals surface area contributed by atoms with Gasteiger partial charge in [0.25, 0.3) is 0 Å². The van der Waals surface area contributed by atoms with Crippen LogP contribution in [0.3, 0.4) is 0 Å². The first-order valence-corrected chi connectivity index (χ1v) is 12.0. The summed E-state index contributed by atoms with van der Waals surface area (Å²) in [6.45, 7) is 12.4. The molecule has 0 aromatic heterocycles. The third-order valence-corrected chi connectivity index (χ3v) is 10.1. The lowest BCUT2D eigenvalue weighted by Gasteiger charge is -2.33. The highest BCUT2D eigenvalue weighted by Gasteiger charge is 2.31. The molecule has 0 aliphatic carbocycles. The van der Waals surface area contributed by atoms with Crippen molar-refractivity contribution in [3.05, 3.63) is 0 Å². The molecule has 0 amide bonds. The molecular formula is C10H27NOSi2. The van der Waals surface area contributed by atoms with Crippen LogP contribution in [0.5, 0.6) is 0 Å². The minimum Gasteiger partial charge on any atom is -0.455 e. The van der Waals surface area contributed by atoms with Crippen LogP contribution in [0.1, 0.15) is 19.8 Å². The van der Waals surface area contributed by atoms with E-state index >= 15 is 0 Å². The Morgan fingerprint density at radius 3 is 1.93 bits per heavy atom. The van der Waals surface area contributed by atoms with Crippen LogP contribution in [-0.2, 0) is 4.12 Å². The molecule has 0 unspecified atom stereocenters. The van der Waals surface area contributed by atoms with Gasteiger partial charge in [0.05, 0.1) is 0 Å². The second-order valence-electron chi connectivity index (χ2n) is 5.26. The maximum absolute atomic E-state index is 6.39. The molecule has 0 aliphatic heterocycles. The summed E-state index contributed by atoms with van der Waals surface area (Å²) in [7, 11) is -2.78. The van der Waals surface area contributed by atoms with Crippen molar-refractivity contribution < 1.29 is 4.12 Å². The van der Waals surface area contributed by atoms with Crippen molar-refractivity contribution in [2.24, 2.45) is 5.73 Å².